The molecule has 0 aliphatic carbocycles. The van der Waals surface area contributed by atoms with Gasteiger partial charge >= 0.3 is 5.97 Å². The van der Waals surface area contributed by atoms with Crippen LogP contribution in [0.15, 0.2) is 36.7 Å². The standard InChI is InChI=1S/C18H19N3O2/c1-11(2)21-17-14(10-20-21)8-15(9-19-17)18(22)23-16-12(3)6-5-7-13(16)4/h5-11H,1-4H3. The summed E-state index contributed by atoms with van der Waals surface area (Å²) < 4.78 is 7.39. The topological polar surface area (TPSA) is 57.0 Å². The minimum Gasteiger partial charge on any atom is -0.422 e. The fraction of sp³-hybridized carbons (Fsp3) is 0.278. The first-order valence-electron chi connectivity index (χ1n) is 7.59. The smallest absolute Gasteiger partial charge is 0.345 e. The Morgan fingerprint density at radius 3 is 2.52 bits per heavy atom. The van der Waals surface area contributed by atoms with Crippen molar-refractivity contribution in [2.75, 3.05) is 0 Å². The average molecular weight is 309 g/mol. The van der Waals surface area contributed by atoms with Crippen LogP contribution in [0.25, 0.3) is 11.0 Å². The van der Waals surface area contributed by atoms with Crippen LogP contribution in [-0.4, -0.2) is 20.7 Å². The Balaban J connectivity index is 1.92. The third-order valence-corrected chi connectivity index (χ3v) is 3.76. The second-order valence-electron chi connectivity index (χ2n) is 5.93. The lowest BCUT2D eigenvalue weighted by atomic mass is 10.1. The lowest BCUT2D eigenvalue weighted by Crippen LogP contribution is -2.11. The van der Waals surface area contributed by atoms with Crippen LogP contribution in [0.4, 0.5) is 0 Å². The molecule has 3 rings (SSSR count). The highest BCUT2D eigenvalue weighted by Crippen LogP contribution is 2.24. The maximum absolute atomic E-state index is 12.4. The Morgan fingerprint density at radius 1 is 1.17 bits per heavy atom. The lowest BCUT2D eigenvalue weighted by molar-refractivity contribution is 0.0732. The highest BCUT2D eigenvalue weighted by molar-refractivity contribution is 5.94. The summed E-state index contributed by atoms with van der Waals surface area (Å²) in [4.78, 5) is 16.8. The van der Waals surface area contributed by atoms with Gasteiger partial charge in [0.1, 0.15) is 5.75 Å². The monoisotopic (exact) mass is 309 g/mol. The highest BCUT2D eigenvalue weighted by Gasteiger charge is 2.15. The van der Waals surface area contributed by atoms with Crippen LogP contribution < -0.4 is 4.74 Å². The van der Waals surface area contributed by atoms with Crippen molar-refractivity contribution in [2.45, 2.75) is 33.7 Å². The minimum atomic E-state index is -0.408. The van der Waals surface area contributed by atoms with Gasteiger partial charge in [-0.3, -0.25) is 0 Å². The van der Waals surface area contributed by atoms with Crippen LogP contribution >= 0.6 is 0 Å². The van der Waals surface area contributed by atoms with Crippen LogP contribution in [-0.2, 0) is 0 Å². The number of nitrogens with zero attached hydrogens (tertiary/aromatic N) is 3. The summed E-state index contributed by atoms with van der Waals surface area (Å²) in [6, 6.07) is 7.76. The molecule has 5 heteroatoms. The molecule has 118 valence electrons. The van der Waals surface area contributed by atoms with E-state index in [0.717, 1.165) is 22.2 Å². The summed E-state index contributed by atoms with van der Waals surface area (Å²) in [6.07, 6.45) is 3.26. The predicted molar refractivity (Wildman–Crippen MR) is 88.8 cm³/mol. The zero-order valence-electron chi connectivity index (χ0n) is 13.7. The molecule has 0 spiro atoms. The summed E-state index contributed by atoms with van der Waals surface area (Å²) in [6.45, 7) is 7.92. The van der Waals surface area contributed by atoms with Crippen molar-refractivity contribution >= 4 is 17.0 Å². The van der Waals surface area contributed by atoms with Gasteiger partial charge in [-0.05, 0) is 44.9 Å². The molecule has 0 aliphatic heterocycles. The molecule has 0 bridgehead atoms. The van der Waals surface area contributed by atoms with E-state index < -0.39 is 5.97 Å². The van der Waals surface area contributed by atoms with E-state index in [9.17, 15) is 4.79 Å². The van der Waals surface area contributed by atoms with Gasteiger partial charge in [-0.25, -0.2) is 14.5 Å². The number of hydrogen-bond donors (Lipinski definition) is 0. The molecule has 0 amide bonds. The summed E-state index contributed by atoms with van der Waals surface area (Å²) >= 11 is 0. The van der Waals surface area contributed by atoms with Crippen LogP contribution in [0.5, 0.6) is 5.75 Å². The van der Waals surface area contributed by atoms with E-state index in [-0.39, 0.29) is 6.04 Å². The van der Waals surface area contributed by atoms with Crippen molar-refractivity contribution in [3.8, 4) is 5.75 Å². The summed E-state index contributed by atoms with van der Waals surface area (Å²) in [5.41, 5.74) is 3.05. The van der Waals surface area contributed by atoms with Gasteiger partial charge in [-0.1, -0.05) is 18.2 Å². The highest BCUT2D eigenvalue weighted by atomic mass is 16.5. The normalized spacial score (nSPS) is 11.2. The first-order valence-corrected chi connectivity index (χ1v) is 7.59. The van der Waals surface area contributed by atoms with Crippen LogP contribution in [0.2, 0.25) is 0 Å². The number of esters is 1. The molecular formula is C18H19N3O2. The summed E-state index contributed by atoms with van der Waals surface area (Å²) in [7, 11) is 0. The van der Waals surface area contributed by atoms with Gasteiger partial charge in [0.15, 0.2) is 5.65 Å². The zero-order chi connectivity index (χ0) is 16.6. The first kappa shape index (κ1) is 15.2. The number of fused-ring (bicyclic) bond motifs is 1. The minimum absolute atomic E-state index is 0.215. The molecule has 0 saturated carbocycles. The van der Waals surface area contributed by atoms with E-state index in [1.165, 1.54) is 0 Å². The number of benzene rings is 1. The molecule has 1 aromatic carbocycles. The Hall–Kier alpha value is -2.69. The maximum Gasteiger partial charge on any atom is 0.345 e. The molecule has 2 heterocycles. The zero-order valence-corrected chi connectivity index (χ0v) is 13.7. The summed E-state index contributed by atoms with van der Waals surface area (Å²) in [5, 5.41) is 5.14. The summed E-state index contributed by atoms with van der Waals surface area (Å²) in [5.74, 6) is 0.199. The molecule has 5 nitrogen and oxygen atoms in total. The van der Waals surface area contributed by atoms with Gasteiger partial charge in [0.25, 0.3) is 0 Å². The largest absolute Gasteiger partial charge is 0.422 e. The number of carbonyl (C=O) groups excluding carboxylic acids is 1. The number of ether oxygens (including phenoxy) is 1. The third-order valence-electron chi connectivity index (χ3n) is 3.76. The molecule has 23 heavy (non-hydrogen) atoms. The second-order valence-corrected chi connectivity index (χ2v) is 5.93. The van der Waals surface area contributed by atoms with Gasteiger partial charge in [0.05, 0.1) is 11.8 Å². The molecule has 0 radical (unpaired) electrons. The Labute approximate surface area is 134 Å². The van der Waals surface area contributed by atoms with Crippen LogP contribution in [0.3, 0.4) is 0 Å². The molecule has 3 aromatic rings. The van der Waals surface area contributed by atoms with Crippen molar-refractivity contribution in [2.24, 2.45) is 0 Å². The molecule has 0 N–H and O–H groups in total. The van der Waals surface area contributed by atoms with Crippen molar-refractivity contribution < 1.29 is 9.53 Å². The maximum atomic E-state index is 12.4. The van der Waals surface area contributed by atoms with Crippen molar-refractivity contribution in [3.63, 3.8) is 0 Å². The number of aromatic nitrogens is 3. The number of aryl methyl sites for hydroxylation is 2. The van der Waals surface area contributed by atoms with E-state index in [1.807, 2.05) is 50.6 Å². The number of pyridine rings is 1. The Bertz CT molecular complexity index is 861. The number of rotatable bonds is 3. The van der Waals surface area contributed by atoms with E-state index in [4.69, 9.17) is 4.74 Å². The molecular weight excluding hydrogens is 290 g/mol. The quantitative estimate of drug-likeness (QED) is 0.545. The Morgan fingerprint density at radius 2 is 1.87 bits per heavy atom. The van der Waals surface area contributed by atoms with Gasteiger partial charge in [0, 0.05) is 17.6 Å². The fourth-order valence-electron chi connectivity index (χ4n) is 2.54. The van der Waals surface area contributed by atoms with Gasteiger partial charge in [0.2, 0.25) is 0 Å². The Kier molecular flexibility index (Phi) is 3.86. The van der Waals surface area contributed by atoms with Gasteiger partial charge in [-0.15, -0.1) is 0 Å². The van der Waals surface area contributed by atoms with Crippen molar-refractivity contribution in [3.05, 3.63) is 53.3 Å². The van der Waals surface area contributed by atoms with Crippen molar-refractivity contribution in [1.82, 2.24) is 14.8 Å². The molecule has 0 saturated heterocycles. The number of carbonyl (C=O) groups is 1. The molecule has 0 aliphatic rings. The molecule has 0 unspecified atom stereocenters. The van der Waals surface area contributed by atoms with Gasteiger partial charge < -0.3 is 4.74 Å². The van der Waals surface area contributed by atoms with Crippen molar-refractivity contribution in [1.29, 1.82) is 0 Å². The lowest BCUT2D eigenvalue weighted by Gasteiger charge is -2.10. The van der Waals surface area contributed by atoms with Gasteiger partial charge in [-0.2, -0.15) is 5.10 Å². The van der Waals surface area contributed by atoms with Crippen LogP contribution in [0, 0.1) is 13.8 Å². The molecule has 0 atom stereocenters. The molecule has 2 aromatic heterocycles. The second kappa shape index (κ2) is 5.83. The van der Waals surface area contributed by atoms with E-state index in [0.29, 0.717) is 11.3 Å². The SMILES string of the molecule is Cc1cccc(C)c1OC(=O)c1cnc2c(cnn2C(C)C)c1. The van der Waals surface area contributed by atoms with E-state index in [2.05, 4.69) is 10.1 Å². The fourth-order valence-corrected chi connectivity index (χ4v) is 2.54. The van der Waals surface area contributed by atoms with Crippen LogP contribution in [0.1, 0.15) is 41.4 Å². The predicted octanol–water partition coefficient (Wildman–Crippen LogP) is 3.85. The molecule has 0 fully saturated rings. The van der Waals surface area contributed by atoms with E-state index in [1.54, 1.807) is 18.5 Å². The van der Waals surface area contributed by atoms with E-state index >= 15 is 0 Å². The first-order chi connectivity index (χ1) is 11.0. The average Bonchev–Trinajstić information content (AvgIpc) is 2.94. The third kappa shape index (κ3) is 2.82. The number of hydrogen-bond acceptors (Lipinski definition) is 4. The number of para-hydroxylation sites is 1.